The van der Waals surface area contributed by atoms with Crippen molar-refractivity contribution >= 4 is 5.82 Å². The van der Waals surface area contributed by atoms with Gasteiger partial charge in [-0.2, -0.15) is 0 Å². The number of rotatable bonds is 4. The summed E-state index contributed by atoms with van der Waals surface area (Å²) in [4.78, 5) is 0. The van der Waals surface area contributed by atoms with Gasteiger partial charge in [0.25, 0.3) is 0 Å². The van der Waals surface area contributed by atoms with Crippen LogP contribution in [0, 0.1) is 0 Å². The van der Waals surface area contributed by atoms with E-state index in [-0.39, 0.29) is 11.6 Å². The van der Waals surface area contributed by atoms with E-state index in [0.717, 1.165) is 12.4 Å². The van der Waals surface area contributed by atoms with Crippen LogP contribution in [-0.4, -0.2) is 26.6 Å². The molecule has 5 heteroatoms. The summed E-state index contributed by atoms with van der Waals surface area (Å²) in [7, 11) is 0. The van der Waals surface area contributed by atoms with E-state index in [1.54, 1.807) is 6.20 Å². The molecule has 0 saturated carbocycles. The predicted octanol–water partition coefficient (Wildman–Crippen LogP) is 0.836. The van der Waals surface area contributed by atoms with Gasteiger partial charge in [0.1, 0.15) is 5.82 Å². The van der Waals surface area contributed by atoms with Crippen LogP contribution < -0.4 is 11.1 Å². The smallest absolute Gasteiger partial charge is 0.145 e. The molecule has 0 aliphatic heterocycles. The van der Waals surface area contributed by atoms with Crippen molar-refractivity contribution < 1.29 is 0 Å². The molecule has 0 aromatic carbocycles. The first-order valence-electron chi connectivity index (χ1n) is 4.89. The fourth-order valence-electron chi connectivity index (χ4n) is 1.03. The van der Waals surface area contributed by atoms with Crippen LogP contribution in [0.5, 0.6) is 0 Å². The normalized spacial score (nSPS) is 14.1. The SMILES string of the molecule is CCn1nncc1NC(C)(C)C(C)N. The molecule has 1 rings (SSSR count). The number of nitrogens with two attached hydrogens (primary N) is 1. The molecule has 3 N–H and O–H groups in total. The molecule has 0 radical (unpaired) electrons. The Bertz CT molecular complexity index is 289. The summed E-state index contributed by atoms with van der Waals surface area (Å²) in [5.74, 6) is 0.912. The van der Waals surface area contributed by atoms with Crippen molar-refractivity contribution in [1.82, 2.24) is 15.0 Å². The first-order valence-corrected chi connectivity index (χ1v) is 4.89. The molecule has 1 aromatic rings. The lowest BCUT2D eigenvalue weighted by Crippen LogP contribution is -2.47. The van der Waals surface area contributed by atoms with Crippen LogP contribution in [0.15, 0.2) is 6.20 Å². The second kappa shape index (κ2) is 3.96. The monoisotopic (exact) mass is 197 g/mol. The van der Waals surface area contributed by atoms with Crippen LogP contribution >= 0.6 is 0 Å². The van der Waals surface area contributed by atoms with E-state index in [1.807, 2.05) is 18.5 Å². The van der Waals surface area contributed by atoms with Gasteiger partial charge in [0.2, 0.25) is 0 Å². The van der Waals surface area contributed by atoms with Gasteiger partial charge in [-0.1, -0.05) is 5.21 Å². The summed E-state index contributed by atoms with van der Waals surface area (Å²) in [6.45, 7) is 8.93. The Morgan fingerprint density at radius 3 is 2.79 bits per heavy atom. The van der Waals surface area contributed by atoms with Gasteiger partial charge in [-0.25, -0.2) is 4.68 Å². The zero-order valence-electron chi connectivity index (χ0n) is 9.28. The largest absolute Gasteiger partial charge is 0.363 e. The van der Waals surface area contributed by atoms with Gasteiger partial charge in [-0.05, 0) is 27.7 Å². The third kappa shape index (κ3) is 2.23. The number of aryl methyl sites for hydroxylation is 1. The lowest BCUT2D eigenvalue weighted by atomic mass is 9.97. The summed E-state index contributed by atoms with van der Waals surface area (Å²) < 4.78 is 1.81. The molecule has 0 aliphatic carbocycles. The zero-order chi connectivity index (χ0) is 10.8. The van der Waals surface area contributed by atoms with Crippen LogP contribution in [0.4, 0.5) is 5.82 Å². The van der Waals surface area contributed by atoms with E-state index in [9.17, 15) is 0 Å². The van der Waals surface area contributed by atoms with Crippen molar-refractivity contribution in [3.8, 4) is 0 Å². The first kappa shape index (κ1) is 11.0. The van der Waals surface area contributed by atoms with Crippen molar-refractivity contribution in [3.05, 3.63) is 6.20 Å². The van der Waals surface area contributed by atoms with Gasteiger partial charge in [0, 0.05) is 18.1 Å². The minimum atomic E-state index is -0.158. The maximum atomic E-state index is 5.87. The van der Waals surface area contributed by atoms with E-state index < -0.39 is 0 Å². The molecule has 5 nitrogen and oxygen atoms in total. The number of nitrogens with one attached hydrogen (secondary N) is 1. The minimum Gasteiger partial charge on any atom is -0.363 e. The number of nitrogens with zero attached hydrogens (tertiary/aromatic N) is 3. The van der Waals surface area contributed by atoms with E-state index in [0.29, 0.717) is 0 Å². The van der Waals surface area contributed by atoms with E-state index in [2.05, 4.69) is 29.5 Å². The molecule has 1 heterocycles. The van der Waals surface area contributed by atoms with Crippen molar-refractivity contribution in [1.29, 1.82) is 0 Å². The van der Waals surface area contributed by atoms with Gasteiger partial charge >= 0.3 is 0 Å². The lowest BCUT2D eigenvalue weighted by Gasteiger charge is -2.31. The first-order chi connectivity index (χ1) is 6.47. The highest BCUT2D eigenvalue weighted by molar-refractivity contribution is 5.35. The van der Waals surface area contributed by atoms with Crippen LogP contribution in [-0.2, 0) is 6.54 Å². The average Bonchev–Trinajstić information content (AvgIpc) is 2.50. The molecule has 0 saturated heterocycles. The third-order valence-corrected chi connectivity index (χ3v) is 2.51. The Balaban J connectivity index is 2.78. The topological polar surface area (TPSA) is 68.8 Å². The third-order valence-electron chi connectivity index (χ3n) is 2.51. The number of hydrogen-bond donors (Lipinski definition) is 2. The highest BCUT2D eigenvalue weighted by Crippen LogP contribution is 2.15. The van der Waals surface area contributed by atoms with Gasteiger partial charge in [-0.3, -0.25) is 0 Å². The zero-order valence-corrected chi connectivity index (χ0v) is 9.28. The van der Waals surface area contributed by atoms with Crippen LogP contribution in [0.2, 0.25) is 0 Å². The lowest BCUT2D eigenvalue weighted by molar-refractivity contribution is 0.463. The average molecular weight is 197 g/mol. The van der Waals surface area contributed by atoms with Gasteiger partial charge in [0.15, 0.2) is 0 Å². The fourth-order valence-corrected chi connectivity index (χ4v) is 1.03. The van der Waals surface area contributed by atoms with E-state index >= 15 is 0 Å². The molecule has 1 aromatic heterocycles. The Morgan fingerprint density at radius 1 is 1.64 bits per heavy atom. The summed E-state index contributed by atoms with van der Waals surface area (Å²) >= 11 is 0. The summed E-state index contributed by atoms with van der Waals surface area (Å²) in [6.07, 6.45) is 1.72. The summed E-state index contributed by atoms with van der Waals surface area (Å²) in [5.41, 5.74) is 5.71. The Kier molecular flexibility index (Phi) is 3.10. The molecule has 0 fully saturated rings. The van der Waals surface area contributed by atoms with Crippen molar-refractivity contribution in [2.75, 3.05) is 5.32 Å². The van der Waals surface area contributed by atoms with Crippen molar-refractivity contribution in [2.45, 2.75) is 45.8 Å². The van der Waals surface area contributed by atoms with E-state index in [4.69, 9.17) is 5.73 Å². The molecule has 0 amide bonds. The number of hydrogen-bond acceptors (Lipinski definition) is 4. The standard InChI is InChI=1S/C9H19N5/c1-5-14-8(6-11-13-14)12-9(3,4)7(2)10/h6-7,12H,5,10H2,1-4H3. The molecule has 1 unspecified atom stereocenters. The van der Waals surface area contributed by atoms with Crippen molar-refractivity contribution in [3.63, 3.8) is 0 Å². The van der Waals surface area contributed by atoms with Gasteiger partial charge < -0.3 is 11.1 Å². The fraction of sp³-hybridized carbons (Fsp3) is 0.778. The molecule has 0 bridgehead atoms. The van der Waals surface area contributed by atoms with Crippen LogP contribution in [0.3, 0.4) is 0 Å². The molecule has 0 spiro atoms. The van der Waals surface area contributed by atoms with E-state index in [1.165, 1.54) is 0 Å². The molecule has 80 valence electrons. The Labute approximate surface area is 84.7 Å². The predicted molar refractivity (Wildman–Crippen MR) is 57.0 cm³/mol. The van der Waals surface area contributed by atoms with Crippen LogP contribution in [0.25, 0.3) is 0 Å². The summed E-state index contributed by atoms with van der Waals surface area (Å²) in [6, 6.07) is 0.0581. The Morgan fingerprint density at radius 2 is 2.29 bits per heavy atom. The van der Waals surface area contributed by atoms with Crippen molar-refractivity contribution in [2.24, 2.45) is 5.73 Å². The molecular formula is C9H19N5. The molecule has 0 aliphatic rings. The molecule has 1 atom stereocenters. The highest BCUT2D eigenvalue weighted by atomic mass is 15.5. The molecule has 14 heavy (non-hydrogen) atoms. The number of anilines is 1. The second-order valence-electron chi connectivity index (χ2n) is 4.07. The second-order valence-corrected chi connectivity index (χ2v) is 4.07. The number of aromatic nitrogens is 3. The van der Waals surface area contributed by atoms with Gasteiger partial charge in [0.05, 0.1) is 6.20 Å². The quantitative estimate of drug-likeness (QED) is 0.750. The van der Waals surface area contributed by atoms with Gasteiger partial charge in [-0.15, -0.1) is 5.10 Å². The molecular weight excluding hydrogens is 178 g/mol. The Hall–Kier alpha value is -1.10. The maximum absolute atomic E-state index is 5.87. The highest BCUT2D eigenvalue weighted by Gasteiger charge is 2.23. The summed E-state index contributed by atoms with van der Waals surface area (Å²) in [5, 5.41) is 11.1. The maximum Gasteiger partial charge on any atom is 0.145 e. The van der Waals surface area contributed by atoms with Crippen LogP contribution in [0.1, 0.15) is 27.7 Å². The minimum absolute atomic E-state index is 0.0581.